The molecule has 3 rings (SSSR count). The lowest BCUT2D eigenvalue weighted by Crippen LogP contribution is -2.30. The molecular formula is C23H25NO7. The van der Waals surface area contributed by atoms with Crippen LogP contribution in [0.2, 0.25) is 0 Å². The van der Waals surface area contributed by atoms with E-state index in [0.29, 0.717) is 47.3 Å². The van der Waals surface area contributed by atoms with Crippen LogP contribution in [0.4, 0.5) is 0 Å². The molecule has 1 aliphatic rings. The SMILES string of the molecule is COCCCNC(=O)COc1ccc2c(c1)OC(=Cc1cccc(OC)c1OC)C2=O. The molecule has 2 aromatic carbocycles. The standard InChI is InChI=1S/C23H25NO7/c1-27-11-5-10-24-21(25)14-30-16-8-9-17-19(13-16)31-20(22(17)26)12-15-6-4-7-18(28-2)23(15)29-3/h4,6-9,12-13H,5,10-11,14H2,1-3H3,(H,24,25). The molecule has 0 aliphatic carbocycles. The molecule has 1 amide bonds. The third-order valence-electron chi connectivity index (χ3n) is 4.58. The first-order valence-electron chi connectivity index (χ1n) is 9.75. The van der Waals surface area contributed by atoms with Crippen LogP contribution >= 0.6 is 0 Å². The Hall–Kier alpha value is -3.52. The van der Waals surface area contributed by atoms with E-state index in [1.165, 1.54) is 7.11 Å². The van der Waals surface area contributed by atoms with Gasteiger partial charge in [-0.15, -0.1) is 0 Å². The van der Waals surface area contributed by atoms with Crippen LogP contribution in [0.1, 0.15) is 22.3 Å². The summed E-state index contributed by atoms with van der Waals surface area (Å²) >= 11 is 0. The van der Waals surface area contributed by atoms with Crippen LogP contribution in [-0.2, 0) is 9.53 Å². The Morgan fingerprint density at radius 2 is 1.97 bits per heavy atom. The summed E-state index contributed by atoms with van der Waals surface area (Å²) in [5.74, 6) is 1.53. The number of ketones is 1. The number of amides is 1. The van der Waals surface area contributed by atoms with Crippen LogP contribution in [0.5, 0.6) is 23.0 Å². The van der Waals surface area contributed by atoms with Gasteiger partial charge in [-0.1, -0.05) is 12.1 Å². The molecule has 0 radical (unpaired) electrons. The fourth-order valence-corrected chi connectivity index (χ4v) is 3.07. The molecule has 0 spiro atoms. The number of carbonyl (C=O) groups is 2. The number of para-hydroxylation sites is 1. The fraction of sp³-hybridized carbons (Fsp3) is 0.304. The summed E-state index contributed by atoms with van der Waals surface area (Å²) in [6.45, 7) is 0.956. The summed E-state index contributed by atoms with van der Waals surface area (Å²) in [6, 6.07) is 10.2. The maximum absolute atomic E-state index is 12.7. The van der Waals surface area contributed by atoms with Crippen molar-refractivity contribution < 1.29 is 33.3 Å². The van der Waals surface area contributed by atoms with Crippen molar-refractivity contribution in [3.05, 3.63) is 53.3 Å². The van der Waals surface area contributed by atoms with Crippen molar-refractivity contribution in [1.82, 2.24) is 5.32 Å². The van der Waals surface area contributed by atoms with E-state index in [2.05, 4.69) is 5.32 Å². The third kappa shape index (κ3) is 5.35. The molecule has 8 heteroatoms. The first-order chi connectivity index (χ1) is 15.1. The zero-order valence-corrected chi connectivity index (χ0v) is 17.7. The van der Waals surface area contributed by atoms with E-state index in [0.717, 1.165) is 6.42 Å². The van der Waals surface area contributed by atoms with E-state index in [-0.39, 0.29) is 24.1 Å². The van der Waals surface area contributed by atoms with Gasteiger partial charge in [0, 0.05) is 31.9 Å². The smallest absolute Gasteiger partial charge is 0.257 e. The van der Waals surface area contributed by atoms with Gasteiger partial charge in [-0.3, -0.25) is 9.59 Å². The normalized spacial score (nSPS) is 13.5. The molecule has 164 valence electrons. The lowest BCUT2D eigenvalue weighted by Gasteiger charge is -2.10. The van der Waals surface area contributed by atoms with E-state index in [1.807, 2.05) is 0 Å². The predicted octanol–water partition coefficient (Wildman–Crippen LogP) is 2.85. The minimum absolute atomic E-state index is 0.135. The summed E-state index contributed by atoms with van der Waals surface area (Å²) < 4.78 is 26.9. The Labute approximate surface area is 180 Å². The summed E-state index contributed by atoms with van der Waals surface area (Å²) in [6.07, 6.45) is 2.34. The molecule has 1 heterocycles. The first-order valence-corrected chi connectivity index (χ1v) is 9.75. The second-order valence-electron chi connectivity index (χ2n) is 6.67. The van der Waals surface area contributed by atoms with Gasteiger partial charge in [0.25, 0.3) is 5.91 Å². The van der Waals surface area contributed by atoms with Gasteiger partial charge in [0.05, 0.1) is 19.8 Å². The lowest BCUT2D eigenvalue weighted by molar-refractivity contribution is -0.123. The van der Waals surface area contributed by atoms with Crippen LogP contribution in [-0.4, -0.2) is 52.8 Å². The second-order valence-corrected chi connectivity index (χ2v) is 6.67. The van der Waals surface area contributed by atoms with Gasteiger partial charge in [0.15, 0.2) is 23.9 Å². The molecule has 1 aliphatic heterocycles. The van der Waals surface area contributed by atoms with Gasteiger partial charge in [0.1, 0.15) is 11.5 Å². The Balaban J connectivity index is 1.68. The molecule has 0 fully saturated rings. The van der Waals surface area contributed by atoms with E-state index >= 15 is 0 Å². The molecule has 0 unspecified atom stereocenters. The number of nitrogens with one attached hydrogen (secondary N) is 1. The minimum Gasteiger partial charge on any atom is -0.493 e. The van der Waals surface area contributed by atoms with Crippen molar-refractivity contribution in [2.45, 2.75) is 6.42 Å². The maximum atomic E-state index is 12.7. The summed E-state index contributed by atoms with van der Waals surface area (Å²) in [4.78, 5) is 24.6. The number of benzene rings is 2. The topological polar surface area (TPSA) is 92.3 Å². The first kappa shape index (κ1) is 22.2. The van der Waals surface area contributed by atoms with Gasteiger partial charge >= 0.3 is 0 Å². The number of allylic oxidation sites excluding steroid dienone is 1. The number of hydrogen-bond acceptors (Lipinski definition) is 7. The number of rotatable bonds is 10. The van der Waals surface area contributed by atoms with Crippen molar-refractivity contribution in [1.29, 1.82) is 0 Å². The van der Waals surface area contributed by atoms with Crippen LogP contribution in [0.25, 0.3) is 6.08 Å². The largest absolute Gasteiger partial charge is 0.493 e. The predicted molar refractivity (Wildman–Crippen MR) is 114 cm³/mol. The zero-order chi connectivity index (χ0) is 22.2. The van der Waals surface area contributed by atoms with Gasteiger partial charge in [0.2, 0.25) is 5.78 Å². The second kappa shape index (κ2) is 10.5. The van der Waals surface area contributed by atoms with Crippen LogP contribution in [0.15, 0.2) is 42.2 Å². The van der Waals surface area contributed by atoms with Crippen LogP contribution < -0.4 is 24.3 Å². The van der Waals surface area contributed by atoms with Crippen molar-refractivity contribution in [2.24, 2.45) is 0 Å². The van der Waals surface area contributed by atoms with E-state index < -0.39 is 0 Å². The monoisotopic (exact) mass is 427 g/mol. The maximum Gasteiger partial charge on any atom is 0.257 e. The zero-order valence-electron chi connectivity index (χ0n) is 17.7. The number of hydrogen-bond donors (Lipinski definition) is 1. The molecule has 31 heavy (non-hydrogen) atoms. The number of fused-ring (bicyclic) bond motifs is 1. The Morgan fingerprint density at radius 1 is 1.13 bits per heavy atom. The average Bonchev–Trinajstić information content (AvgIpc) is 3.09. The van der Waals surface area contributed by atoms with Crippen molar-refractivity contribution >= 4 is 17.8 Å². The fourth-order valence-electron chi connectivity index (χ4n) is 3.07. The van der Waals surface area contributed by atoms with E-state index in [9.17, 15) is 9.59 Å². The number of methoxy groups -OCH3 is 3. The average molecular weight is 427 g/mol. The molecular weight excluding hydrogens is 402 g/mol. The highest BCUT2D eigenvalue weighted by Gasteiger charge is 2.28. The Bertz CT molecular complexity index is 984. The van der Waals surface area contributed by atoms with E-state index in [4.69, 9.17) is 23.7 Å². The molecule has 0 saturated heterocycles. The molecule has 0 saturated carbocycles. The van der Waals surface area contributed by atoms with E-state index in [1.54, 1.807) is 56.7 Å². The number of ether oxygens (including phenoxy) is 5. The highest BCUT2D eigenvalue weighted by molar-refractivity contribution is 6.14. The quantitative estimate of drug-likeness (QED) is 0.460. The van der Waals surface area contributed by atoms with Crippen molar-refractivity contribution in [3.8, 4) is 23.0 Å². The third-order valence-corrected chi connectivity index (χ3v) is 4.58. The van der Waals surface area contributed by atoms with Crippen molar-refractivity contribution in [2.75, 3.05) is 41.1 Å². The summed E-state index contributed by atoms with van der Waals surface area (Å²) in [7, 11) is 4.69. The Kier molecular flexibility index (Phi) is 7.50. The molecule has 0 bridgehead atoms. The van der Waals surface area contributed by atoms with Gasteiger partial charge in [-0.2, -0.15) is 0 Å². The van der Waals surface area contributed by atoms with Crippen LogP contribution in [0, 0.1) is 0 Å². The van der Waals surface area contributed by atoms with Gasteiger partial charge in [-0.05, 0) is 30.7 Å². The Morgan fingerprint density at radius 3 is 2.71 bits per heavy atom. The molecule has 1 N–H and O–H groups in total. The number of carbonyl (C=O) groups excluding carboxylic acids is 2. The van der Waals surface area contributed by atoms with Crippen LogP contribution in [0.3, 0.4) is 0 Å². The highest BCUT2D eigenvalue weighted by Crippen LogP contribution is 2.37. The molecule has 8 nitrogen and oxygen atoms in total. The summed E-state index contributed by atoms with van der Waals surface area (Å²) in [5.41, 5.74) is 1.07. The molecule has 0 atom stereocenters. The molecule has 2 aromatic rings. The molecule has 0 aromatic heterocycles. The minimum atomic E-state index is -0.248. The number of Topliss-reactive ketones (excluding diaryl/α,β-unsaturated/α-hetero) is 1. The van der Waals surface area contributed by atoms with Gasteiger partial charge in [-0.25, -0.2) is 0 Å². The summed E-state index contributed by atoms with van der Waals surface area (Å²) in [5, 5.41) is 2.74. The van der Waals surface area contributed by atoms with Gasteiger partial charge < -0.3 is 29.0 Å². The van der Waals surface area contributed by atoms with Crippen molar-refractivity contribution in [3.63, 3.8) is 0 Å². The lowest BCUT2D eigenvalue weighted by atomic mass is 10.1. The highest BCUT2D eigenvalue weighted by atomic mass is 16.5.